The molecule has 56 heavy (non-hydrogen) atoms. The minimum Gasteiger partial charge on any atom is -0.432 e. The molecule has 1 amide bonds. The van der Waals surface area contributed by atoms with Crippen molar-refractivity contribution in [3.63, 3.8) is 0 Å². The first-order valence-electron chi connectivity index (χ1n) is 18.9. The largest absolute Gasteiger partial charge is 0.432 e. The monoisotopic (exact) mass is 786 g/mol. The van der Waals surface area contributed by atoms with Crippen LogP contribution in [0.15, 0.2) is 53.7 Å². The van der Waals surface area contributed by atoms with Gasteiger partial charge in [-0.3, -0.25) is 14.4 Å². The molecule has 2 unspecified atom stereocenters. The standard InChI is InChI=1S/C40H48F2N10O3S/c1-5-32(51-18-12-27(13-19-51)29-8-11-35-36(23-29)50(4)48-38(35)49(3)17-16-37(53)44-2)9-6-28-22-34(10-7-30(28)24-43)56(54)52-20-14-31(15-21-52)47-40-45-25-33(26-46-40)55-39(41)42/h7-8,10-11,22-23,25-27,31-32,39H,5,12-21H2,1-4H3,(H,44,53)(H,45,46,47). The van der Waals surface area contributed by atoms with Crippen molar-refractivity contribution in [1.29, 1.82) is 5.26 Å². The first-order chi connectivity index (χ1) is 27.1. The van der Waals surface area contributed by atoms with Gasteiger partial charge < -0.3 is 20.3 Å². The summed E-state index contributed by atoms with van der Waals surface area (Å²) in [4.78, 5) is 24.9. The minimum atomic E-state index is -2.94. The number of hydrogen-bond acceptors (Lipinski definition) is 10. The molecule has 0 radical (unpaired) electrons. The number of carbonyl (C=O) groups is 1. The molecule has 2 fully saturated rings. The van der Waals surface area contributed by atoms with Gasteiger partial charge in [0.2, 0.25) is 11.9 Å². The highest BCUT2D eigenvalue weighted by Crippen LogP contribution is 2.34. The number of likely N-dealkylation sites (tertiary alicyclic amines) is 1. The van der Waals surface area contributed by atoms with E-state index < -0.39 is 17.6 Å². The van der Waals surface area contributed by atoms with Gasteiger partial charge in [-0.25, -0.2) is 18.5 Å². The number of nitrogens with zero attached hydrogens (tertiary/aromatic N) is 8. The van der Waals surface area contributed by atoms with Crippen LogP contribution in [0.2, 0.25) is 0 Å². The molecule has 6 rings (SSSR count). The molecule has 16 heteroatoms. The Morgan fingerprint density at radius 3 is 2.46 bits per heavy atom. The highest BCUT2D eigenvalue weighted by Gasteiger charge is 2.27. The number of nitrogens with one attached hydrogen (secondary N) is 2. The van der Waals surface area contributed by atoms with Crippen molar-refractivity contribution in [2.45, 2.75) is 75.0 Å². The molecule has 2 atom stereocenters. The average Bonchev–Trinajstić information content (AvgIpc) is 3.56. The zero-order valence-corrected chi connectivity index (χ0v) is 33.0. The Balaban J connectivity index is 1.05. The van der Waals surface area contributed by atoms with Crippen molar-refractivity contribution in [3.05, 3.63) is 65.5 Å². The van der Waals surface area contributed by atoms with Crippen LogP contribution in [0.1, 0.15) is 68.1 Å². The lowest BCUT2D eigenvalue weighted by molar-refractivity contribution is -0.120. The zero-order valence-electron chi connectivity index (χ0n) is 32.2. The fourth-order valence-corrected chi connectivity index (χ4v) is 8.58. The van der Waals surface area contributed by atoms with Gasteiger partial charge in [0.05, 0.1) is 34.4 Å². The van der Waals surface area contributed by atoms with Crippen LogP contribution >= 0.6 is 0 Å². The van der Waals surface area contributed by atoms with Gasteiger partial charge in [-0.1, -0.05) is 24.8 Å². The first kappa shape index (κ1) is 40.5. The van der Waals surface area contributed by atoms with Crippen molar-refractivity contribution >= 4 is 39.6 Å². The van der Waals surface area contributed by atoms with Crippen LogP contribution in [0, 0.1) is 23.2 Å². The van der Waals surface area contributed by atoms with E-state index in [1.807, 2.05) is 28.0 Å². The summed E-state index contributed by atoms with van der Waals surface area (Å²) in [5, 5.41) is 21.6. The molecule has 0 aliphatic carbocycles. The molecule has 2 N–H and O–H groups in total. The Hall–Kier alpha value is -5.16. The Labute approximate surface area is 329 Å². The van der Waals surface area contributed by atoms with Crippen molar-refractivity contribution < 1.29 is 22.5 Å². The number of halogens is 2. The Morgan fingerprint density at radius 1 is 1.07 bits per heavy atom. The number of alkyl halides is 2. The van der Waals surface area contributed by atoms with Crippen molar-refractivity contribution in [2.75, 3.05) is 57.0 Å². The van der Waals surface area contributed by atoms with E-state index in [1.165, 1.54) is 18.0 Å². The third-order valence-electron chi connectivity index (χ3n) is 10.6. The van der Waals surface area contributed by atoms with Gasteiger partial charge in [-0.2, -0.15) is 19.1 Å². The van der Waals surface area contributed by atoms with E-state index in [0.717, 1.165) is 49.1 Å². The molecule has 0 bridgehead atoms. The average molecular weight is 787 g/mol. The van der Waals surface area contributed by atoms with Crippen molar-refractivity contribution in [1.82, 2.24) is 34.3 Å². The van der Waals surface area contributed by atoms with Crippen LogP contribution in [0.4, 0.5) is 20.5 Å². The van der Waals surface area contributed by atoms with Crippen LogP contribution in [-0.4, -0.2) is 105 Å². The lowest BCUT2D eigenvalue weighted by Crippen LogP contribution is -2.40. The Morgan fingerprint density at radius 2 is 1.80 bits per heavy atom. The molecule has 2 aromatic carbocycles. The zero-order chi connectivity index (χ0) is 39.8. The number of nitriles is 1. The fraction of sp³-hybridized carbons (Fsp3) is 0.475. The summed E-state index contributed by atoms with van der Waals surface area (Å²) < 4.78 is 46.6. The number of benzene rings is 2. The maximum atomic E-state index is 13.7. The molecule has 2 aliphatic rings. The number of anilines is 2. The molecule has 0 saturated carbocycles. The maximum absolute atomic E-state index is 13.7. The molecular weight excluding hydrogens is 739 g/mol. The predicted octanol–water partition coefficient (Wildman–Crippen LogP) is 5.02. The molecule has 0 spiro atoms. The van der Waals surface area contributed by atoms with Gasteiger partial charge in [-0.15, -0.1) is 0 Å². The quantitative estimate of drug-likeness (QED) is 0.178. The van der Waals surface area contributed by atoms with Gasteiger partial charge in [0.15, 0.2) is 11.6 Å². The van der Waals surface area contributed by atoms with Crippen molar-refractivity contribution in [3.8, 4) is 23.7 Å². The number of amides is 1. The summed E-state index contributed by atoms with van der Waals surface area (Å²) in [6.07, 6.45) is 7.00. The van der Waals surface area contributed by atoms with Crippen LogP contribution in [-0.2, 0) is 22.8 Å². The summed E-state index contributed by atoms with van der Waals surface area (Å²) >= 11 is 0. The smallest absolute Gasteiger partial charge is 0.387 e. The molecule has 2 saturated heterocycles. The predicted molar refractivity (Wildman–Crippen MR) is 212 cm³/mol. The number of hydrogen-bond donors (Lipinski definition) is 2. The highest BCUT2D eigenvalue weighted by molar-refractivity contribution is 7.82. The van der Waals surface area contributed by atoms with E-state index in [-0.39, 0.29) is 23.7 Å². The SMILES string of the molecule is CCC(C#Cc1cc(S(=O)N2CCC(Nc3ncc(OC(F)F)cn3)CC2)ccc1C#N)N1CCC(c2ccc3c(N(C)CCC(=O)NC)nn(C)c3c2)CC1. The summed E-state index contributed by atoms with van der Waals surface area (Å²) in [5.41, 5.74) is 3.39. The number of carbonyl (C=O) groups excluding carboxylic acids is 1. The summed E-state index contributed by atoms with van der Waals surface area (Å²) in [6, 6.07) is 14.1. The number of rotatable bonds is 13. The van der Waals surface area contributed by atoms with Crippen molar-refractivity contribution in [2.24, 2.45) is 7.05 Å². The molecule has 296 valence electrons. The van der Waals surface area contributed by atoms with E-state index in [2.05, 4.69) is 73.3 Å². The van der Waals surface area contributed by atoms with Gasteiger partial charge in [-0.05, 0) is 87.0 Å². The number of piperidine rings is 2. The summed E-state index contributed by atoms with van der Waals surface area (Å²) in [6.45, 7) is 2.68. The van der Waals surface area contributed by atoms with Crippen LogP contribution in [0.3, 0.4) is 0 Å². The van der Waals surface area contributed by atoms with Crippen LogP contribution in [0.5, 0.6) is 5.75 Å². The molecule has 13 nitrogen and oxygen atoms in total. The lowest BCUT2D eigenvalue weighted by Gasteiger charge is -2.35. The molecule has 4 heterocycles. The second-order valence-electron chi connectivity index (χ2n) is 14.1. The maximum Gasteiger partial charge on any atom is 0.387 e. The van der Waals surface area contributed by atoms with Gasteiger partial charge in [0, 0.05) is 64.2 Å². The Kier molecular flexibility index (Phi) is 13.5. The molecular formula is C40H48F2N10O3S. The number of aryl methyl sites for hydroxylation is 1. The van der Waals surface area contributed by atoms with Gasteiger partial charge in [0.1, 0.15) is 17.1 Å². The fourth-order valence-electron chi connectivity index (χ4n) is 7.33. The summed E-state index contributed by atoms with van der Waals surface area (Å²) in [5.74, 6) is 8.21. The minimum absolute atomic E-state index is 0.00266. The third kappa shape index (κ3) is 9.79. The van der Waals surface area contributed by atoms with Gasteiger partial charge in [0.25, 0.3) is 0 Å². The summed E-state index contributed by atoms with van der Waals surface area (Å²) in [7, 11) is 4.13. The Bertz CT molecular complexity index is 2110. The second kappa shape index (κ2) is 18.7. The number of ether oxygens (including phenoxy) is 1. The van der Waals surface area contributed by atoms with Crippen LogP contribution in [0.25, 0.3) is 10.9 Å². The normalized spacial score (nSPS) is 16.8. The van der Waals surface area contributed by atoms with E-state index >= 15 is 0 Å². The van der Waals surface area contributed by atoms with E-state index in [0.29, 0.717) is 66.8 Å². The third-order valence-corrected chi connectivity index (χ3v) is 12.1. The topological polar surface area (TPSA) is 145 Å². The van der Waals surface area contributed by atoms with E-state index in [1.54, 1.807) is 25.2 Å². The first-order valence-corrected chi connectivity index (χ1v) is 20.1. The highest BCUT2D eigenvalue weighted by atomic mass is 32.2. The van der Waals surface area contributed by atoms with E-state index in [9.17, 15) is 23.0 Å². The second-order valence-corrected chi connectivity index (χ2v) is 15.6. The number of fused-ring (bicyclic) bond motifs is 1. The van der Waals surface area contributed by atoms with Crippen LogP contribution < -0.4 is 20.3 Å². The van der Waals surface area contributed by atoms with Gasteiger partial charge >= 0.3 is 6.61 Å². The molecule has 2 aliphatic heterocycles. The molecule has 4 aromatic rings. The molecule has 2 aromatic heterocycles. The van der Waals surface area contributed by atoms with E-state index in [4.69, 9.17) is 5.10 Å². The number of aromatic nitrogens is 4. The lowest BCUT2D eigenvalue weighted by atomic mass is 9.88.